The van der Waals surface area contributed by atoms with E-state index in [0.29, 0.717) is 19.3 Å². The molecule has 192 valence electrons. The molecule has 3 unspecified atom stereocenters. The zero-order chi connectivity index (χ0) is 27.0. The zero-order valence-corrected chi connectivity index (χ0v) is 23.0. The van der Waals surface area contributed by atoms with Gasteiger partial charge in [0.2, 0.25) is 0 Å². The molecule has 0 spiro atoms. The van der Waals surface area contributed by atoms with Gasteiger partial charge in [0, 0.05) is 0 Å². The van der Waals surface area contributed by atoms with Gasteiger partial charge in [0.1, 0.15) is 17.3 Å². The summed E-state index contributed by atoms with van der Waals surface area (Å²) in [6.45, 7) is 15.1. The molecule has 0 aliphatic heterocycles. The maximum Gasteiger partial charge on any atom is 3.00 e. The van der Waals surface area contributed by atoms with E-state index in [2.05, 4.69) is 0 Å². The molecule has 0 saturated carbocycles. The summed E-state index contributed by atoms with van der Waals surface area (Å²) in [6, 6.07) is 0. The Hall–Kier alpha value is -2.05. The number of carbonyl (C=O) groups is 6. The first-order valence-electron chi connectivity index (χ1n) is 11.0. The van der Waals surface area contributed by atoms with Crippen LogP contribution in [0, 0.1) is 35.5 Å². The normalized spacial score (nSPS) is 12.7. The van der Waals surface area contributed by atoms with E-state index in [9.17, 15) is 44.1 Å². The molecule has 0 aliphatic rings. The minimum Gasteiger partial charge on any atom is -0.549 e. The molecule has 34 heavy (non-hydrogen) atoms. The second-order valence-electron chi connectivity index (χ2n) is 9.34. The molecule has 0 aromatic heterocycles. The quantitative estimate of drug-likeness (QED) is 0.256. The van der Waals surface area contributed by atoms with Gasteiger partial charge in [0.15, 0.2) is 0 Å². The second-order valence-corrected chi connectivity index (χ2v) is 9.34. The van der Waals surface area contributed by atoms with Gasteiger partial charge in [0.05, 0.1) is 35.7 Å². The van der Waals surface area contributed by atoms with Gasteiger partial charge < -0.3 is 29.7 Å². The number of hydrogen-bond donors (Lipinski definition) is 0. The van der Waals surface area contributed by atoms with E-state index in [-0.39, 0.29) is 52.5 Å². The molecular formula is C24H39AlO9. The van der Waals surface area contributed by atoms with Crippen molar-refractivity contribution in [3.8, 4) is 0 Å². The van der Waals surface area contributed by atoms with Gasteiger partial charge in [-0.05, 0) is 57.8 Å². The van der Waals surface area contributed by atoms with Crippen LogP contribution >= 0.6 is 0 Å². The summed E-state index contributed by atoms with van der Waals surface area (Å²) in [6.07, 6.45) is 1.12. The molecule has 0 fully saturated rings. The number of carboxylic acid groups (broad SMARTS) is 3. The molecule has 0 heterocycles. The van der Waals surface area contributed by atoms with Gasteiger partial charge in [-0.3, -0.25) is 14.4 Å². The van der Waals surface area contributed by atoms with Crippen molar-refractivity contribution in [2.45, 2.75) is 81.6 Å². The Kier molecular flexibility index (Phi) is 23.4. The number of rotatable bonds is 12. The fourth-order valence-electron chi connectivity index (χ4n) is 2.70. The number of aliphatic carboxylic acids is 3. The fourth-order valence-corrected chi connectivity index (χ4v) is 2.70. The molecule has 0 radical (unpaired) electrons. The summed E-state index contributed by atoms with van der Waals surface area (Å²) >= 11 is 0. The van der Waals surface area contributed by atoms with Crippen molar-refractivity contribution in [2.24, 2.45) is 35.5 Å². The van der Waals surface area contributed by atoms with Crippen molar-refractivity contribution in [1.29, 1.82) is 0 Å². The monoisotopic (exact) mass is 498 g/mol. The van der Waals surface area contributed by atoms with Crippen LogP contribution in [0.3, 0.4) is 0 Å². The third-order valence-corrected chi connectivity index (χ3v) is 4.45. The van der Waals surface area contributed by atoms with Crippen LogP contribution in [0.25, 0.3) is 0 Å². The van der Waals surface area contributed by atoms with Gasteiger partial charge in [-0.15, -0.1) is 0 Å². The van der Waals surface area contributed by atoms with Crippen molar-refractivity contribution in [3.05, 3.63) is 0 Å². The summed E-state index contributed by atoms with van der Waals surface area (Å²) in [5.74, 6) is -6.87. The SMILES string of the molecule is CC(=O)C(CC(C)C)C(=O)[O-].CC(=O)C(CC(C)C)C(=O)[O-].CC(=O)C(CC(C)C)C(=O)[O-].[Al+3]. The summed E-state index contributed by atoms with van der Waals surface area (Å²) < 4.78 is 0. The molecule has 3 atom stereocenters. The van der Waals surface area contributed by atoms with Crippen molar-refractivity contribution in [3.63, 3.8) is 0 Å². The van der Waals surface area contributed by atoms with E-state index in [4.69, 9.17) is 0 Å². The molecule has 0 bridgehead atoms. The molecule has 0 aliphatic carbocycles. The molecule has 0 aromatic carbocycles. The predicted octanol–water partition coefficient (Wildman–Crippen LogP) is -0.418. The van der Waals surface area contributed by atoms with Crippen LogP contribution in [0.4, 0.5) is 0 Å². The number of Topliss-reactive ketones (excluding diaryl/α,β-unsaturated/α-hetero) is 3. The molecule has 0 amide bonds. The van der Waals surface area contributed by atoms with E-state index in [1.165, 1.54) is 20.8 Å². The largest absolute Gasteiger partial charge is 3.00 e. The average Bonchev–Trinajstić information content (AvgIpc) is 2.61. The molecule has 0 rings (SSSR count). The summed E-state index contributed by atoms with van der Waals surface area (Å²) in [7, 11) is 0. The Morgan fingerprint density at radius 1 is 0.471 bits per heavy atom. The van der Waals surface area contributed by atoms with Gasteiger partial charge in [-0.1, -0.05) is 41.5 Å². The average molecular weight is 499 g/mol. The second kappa shape index (κ2) is 20.3. The molecule has 10 heteroatoms. The van der Waals surface area contributed by atoms with Crippen LogP contribution < -0.4 is 15.3 Å². The van der Waals surface area contributed by atoms with Crippen LogP contribution in [0.1, 0.15) is 81.6 Å². The van der Waals surface area contributed by atoms with Crippen molar-refractivity contribution in [1.82, 2.24) is 0 Å². The standard InChI is InChI=1S/3C8H14O3.Al/c3*1-5(2)4-7(6(3)9)8(10)11;/h3*5,7H,4H2,1-3H3,(H,10,11);/q;;;+3/p-3. The van der Waals surface area contributed by atoms with Crippen LogP contribution in [0.5, 0.6) is 0 Å². The third kappa shape index (κ3) is 21.8. The summed E-state index contributed by atoms with van der Waals surface area (Å²) in [4.78, 5) is 63.1. The van der Waals surface area contributed by atoms with Gasteiger partial charge in [-0.2, -0.15) is 0 Å². The van der Waals surface area contributed by atoms with E-state index in [1.807, 2.05) is 41.5 Å². The van der Waals surface area contributed by atoms with E-state index >= 15 is 0 Å². The van der Waals surface area contributed by atoms with Gasteiger partial charge in [0.25, 0.3) is 0 Å². The molecule has 0 aromatic rings. The number of carboxylic acids is 3. The topological polar surface area (TPSA) is 172 Å². The Morgan fingerprint density at radius 3 is 0.647 bits per heavy atom. The zero-order valence-electron chi connectivity index (χ0n) is 21.8. The fraction of sp³-hybridized carbons (Fsp3) is 0.750. The van der Waals surface area contributed by atoms with Crippen molar-refractivity contribution >= 4 is 52.6 Å². The van der Waals surface area contributed by atoms with E-state index in [1.54, 1.807) is 0 Å². The maximum atomic E-state index is 10.7. The third-order valence-electron chi connectivity index (χ3n) is 4.45. The minimum atomic E-state index is -1.26. The van der Waals surface area contributed by atoms with Crippen molar-refractivity contribution in [2.75, 3.05) is 0 Å². The smallest absolute Gasteiger partial charge is 0.549 e. The van der Waals surface area contributed by atoms with E-state index in [0.717, 1.165) is 0 Å². The van der Waals surface area contributed by atoms with E-state index < -0.39 is 35.7 Å². The Morgan fingerprint density at radius 2 is 0.618 bits per heavy atom. The number of carbonyl (C=O) groups excluding carboxylic acids is 6. The number of hydrogen-bond acceptors (Lipinski definition) is 9. The minimum absolute atomic E-state index is 0. The first kappa shape index (κ1) is 39.2. The Labute approximate surface area is 213 Å². The first-order chi connectivity index (χ1) is 14.8. The maximum absolute atomic E-state index is 10.7. The van der Waals surface area contributed by atoms with Gasteiger partial charge >= 0.3 is 17.4 Å². The molecule has 0 saturated heterocycles. The number of ketones is 3. The van der Waals surface area contributed by atoms with Crippen LogP contribution in [0.15, 0.2) is 0 Å². The predicted molar refractivity (Wildman–Crippen MR) is 122 cm³/mol. The summed E-state index contributed by atoms with van der Waals surface area (Å²) in [5, 5.41) is 31.0. The molecule has 9 nitrogen and oxygen atoms in total. The summed E-state index contributed by atoms with van der Waals surface area (Å²) in [5.41, 5.74) is 0. The van der Waals surface area contributed by atoms with Crippen LogP contribution in [-0.2, 0) is 28.8 Å². The van der Waals surface area contributed by atoms with Crippen molar-refractivity contribution < 1.29 is 44.1 Å². The van der Waals surface area contributed by atoms with Crippen LogP contribution in [-0.4, -0.2) is 52.6 Å². The van der Waals surface area contributed by atoms with Gasteiger partial charge in [-0.25, -0.2) is 0 Å². The van der Waals surface area contributed by atoms with Crippen LogP contribution in [0.2, 0.25) is 0 Å². The Bertz CT molecular complexity index is 537. The molecular weight excluding hydrogens is 459 g/mol. The first-order valence-corrected chi connectivity index (χ1v) is 11.0. The molecule has 0 N–H and O–H groups in total. The Balaban J connectivity index is -0.000000196.